The van der Waals surface area contributed by atoms with E-state index in [2.05, 4.69) is 33.9 Å². The normalized spacial score (nSPS) is 12.2. The van der Waals surface area contributed by atoms with Crippen LogP contribution >= 0.6 is 23.4 Å². The van der Waals surface area contributed by atoms with Gasteiger partial charge in [-0.15, -0.1) is 10.2 Å². The zero-order valence-electron chi connectivity index (χ0n) is 17.2. The molecule has 2 rings (SSSR count). The van der Waals surface area contributed by atoms with Gasteiger partial charge >= 0.3 is 0 Å². The van der Waals surface area contributed by atoms with Crippen molar-refractivity contribution < 1.29 is 9.53 Å². The van der Waals surface area contributed by atoms with Crippen molar-refractivity contribution in [2.45, 2.75) is 58.3 Å². The van der Waals surface area contributed by atoms with Crippen LogP contribution in [0, 0.1) is 12.8 Å². The fourth-order valence-electron chi connectivity index (χ4n) is 2.75. The number of amides is 1. The van der Waals surface area contributed by atoms with Gasteiger partial charge in [-0.1, -0.05) is 43.3 Å². The lowest BCUT2D eigenvalue weighted by Crippen LogP contribution is -2.37. The smallest absolute Gasteiger partial charge is 0.260 e. The molecule has 28 heavy (non-hydrogen) atoms. The number of rotatable bonds is 10. The van der Waals surface area contributed by atoms with Gasteiger partial charge in [0.25, 0.3) is 5.91 Å². The lowest BCUT2D eigenvalue weighted by molar-refractivity contribution is -0.127. The molecule has 0 bridgehead atoms. The van der Waals surface area contributed by atoms with Gasteiger partial charge in [0.05, 0.1) is 5.02 Å². The highest BCUT2D eigenvalue weighted by atomic mass is 35.5. The molecule has 0 radical (unpaired) electrons. The van der Waals surface area contributed by atoms with Gasteiger partial charge in [-0.3, -0.25) is 4.79 Å². The molecule has 0 aliphatic heterocycles. The number of aromatic nitrogens is 3. The van der Waals surface area contributed by atoms with Gasteiger partial charge in [-0.2, -0.15) is 0 Å². The van der Waals surface area contributed by atoms with Crippen LogP contribution in [-0.2, 0) is 17.8 Å². The molecule has 0 aliphatic rings. The molecule has 1 aromatic heterocycles. The number of ether oxygens (including phenoxy) is 1. The third-order valence-corrected chi connectivity index (χ3v) is 5.14. The van der Waals surface area contributed by atoms with Crippen LogP contribution in [0.5, 0.6) is 5.75 Å². The van der Waals surface area contributed by atoms with Crippen molar-refractivity contribution in [3.8, 4) is 5.75 Å². The van der Waals surface area contributed by atoms with Crippen LogP contribution in [-0.4, -0.2) is 39.6 Å². The van der Waals surface area contributed by atoms with E-state index < -0.39 is 6.10 Å². The third kappa shape index (κ3) is 6.41. The molecule has 1 unspecified atom stereocenters. The van der Waals surface area contributed by atoms with Gasteiger partial charge in [0.1, 0.15) is 11.6 Å². The predicted molar refractivity (Wildman–Crippen MR) is 114 cm³/mol. The minimum atomic E-state index is -0.619. The fourth-order valence-corrected chi connectivity index (χ4v) is 3.43. The first-order chi connectivity index (χ1) is 13.3. The van der Waals surface area contributed by atoms with Gasteiger partial charge in [0.2, 0.25) is 0 Å². The minimum Gasteiger partial charge on any atom is -0.479 e. The van der Waals surface area contributed by atoms with E-state index in [-0.39, 0.29) is 5.91 Å². The lowest BCUT2D eigenvalue weighted by atomic mass is 10.2. The molecule has 6 nitrogen and oxygen atoms in total. The number of thioether (sulfide) groups is 1. The zero-order chi connectivity index (χ0) is 20.7. The van der Waals surface area contributed by atoms with Crippen molar-refractivity contribution in [3.05, 3.63) is 34.6 Å². The molecule has 1 N–H and O–H groups in total. The molecule has 1 heterocycles. The summed E-state index contributed by atoms with van der Waals surface area (Å²) in [4.78, 5) is 12.3. The number of carbonyl (C=O) groups is 1. The Kier molecular flexibility index (Phi) is 8.63. The summed E-state index contributed by atoms with van der Waals surface area (Å²) in [6, 6.07) is 5.50. The molecule has 0 fully saturated rings. The highest BCUT2D eigenvalue weighted by Gasteiger charge is 2.16. The van der Waals surface area contributed by atoms with Crippen LogP contribution in [0.4, 0.5) is 0 Å². The van der Waals surface area contributed by atoms with Gasteiger partial charge in [0.15, 0.2) is 11.3 Å². The summed E-state index contributed by atoms with van der Waals surface area (Å²) in [6.45, 7) is 9.47. The van der Waals surface area contributed by atoms with Gasteiger partial charge < -0.3 is 14.6 Å². The first kappa shape index (κ1) is 22.6. The summed E-state index contributed by atoms with van der Waals surface area (Å²) >= 11 is 7.73. The molecule has 154 valence electrons. The maximum atomic E-state index is 12.3. The molecular weight excluding hydrogens is 396 g/mol. The Labute approximate surface area is 176 Å². The molecule has 8 heteroatoms. The zero-order valence-corrected chi connectivity index (χ0v) is 18.7. The number of aryl methyl sites for hydroxylation is 2. The molecule has 0 aliphatic carbocycles. The number of hydrogen-bond acceptors (Lipinski definition) is 5. The molecule has 2 aromatic rings. The van der Waals surface area contributed by atoms with Crippen LogP contribution < -0.4 is 10.1 Å². The van der Waals surface area contributed by atoms with Crippen LogP contribution in [0.3, 0.4) is 0 Å². The molecule has 1 amide bonds. The fraction of sp³-hybridized carbons (Fsp3) is 0.550. The van der Waals surface area contributed by atoms with Crippen LogP contribution in [0.2, 0.25) is 5.02 Å². The quantitative estimate of drug-likeness (QED) is 0.458. The maximum Gasteiger partial charge on any atom is 0.260 e. The molecule has 1 atom stereocenters. The topological polar surface area (TPSA) is 69.0 Å². The number of carbonyl (C=O) groups excluding carboxylic acids is 1. The van der Waals surface area contributed by atoms with Gasteiger partial charge in [-0.25, -0.2) is 0 Å². The molecular formula is C20H29ClN4O2S. The van der Waals surface area contributed by atoms with Gasteiger partial charge in [-0.05, 0) is 50.1 Å². The van der Waals surface area contributed by atoms with E-state index in [4.69, 9.17) is 16.3 Å². The average molecular weight is 425 g/mol. The second-order valence-corrected chi connectivity index (χ2v) is 8.38. The van der Waals surface area contributed by atoms with E-state index in [0.717, 1.165) is 35.9 Å². The summed E-state index contributed by atoms with van der Waals surface area (Å²) < 4.78 is 7.88. The van der Waals surface area contributed by atoms with Crippen molar-refractivity contribution in [3.63, 3.8) is 0 Å². The second-order valence-electron chi connectivity index (χ2n) is 7.20. The van der Waals surface area contributed by atoms with Crippen LogP contribution in [0.1, 0.15) is 38.6 Å². The number of nitrogens with zero attached hydrogens (tertiary/aromatic N) is 3. The Balaban J connectivity index is 1.82. The summed E-state index contributed by atoms with van der Waals surface area (Å²) in [5.41, 5.74) is 1.03. The second kappa shape index (κ2) is 10.7. The SMILES string of the molecule is CSc1nnc(CCCNC(=O)C(C)Oc2cc(C)ccc2Cl)n1CC(C)C. The standard InChI is InChI=1S/C20H29ClN4O2S/c1-13(2)12-25-18(23-24-20(25)28-5)7-6-10-22-19(26)15(4)27-17-11-14(3)8-9-16(17)21/h8-9,11,13,15H,6-7,10,12H2,1-5H3,(H,22,26). The summed E-state index contributed by atoms with van der Waals surface area (Å²) in [5.74, 6) is 1.84. The Hall–Kier alpha value is -1.73. The van der Waals surface area contributed by atoms with Crippen molar-refractivity contribution in [2.24, 2.45) is 5.92 Å². The number of halogens is 1. The van der Waals surface area contributed by atoms with Crippen molar-refractivity contribution >= 4 is 29.3 Å². The Bertz CT molecular complexity index is 795. The molecule has 1 aromatic carbocycles. The van der Waals surface area contributed by atoms with E-state index in [1.165, 1.54) is 0 Å². The molecule has 0 spiro atoms. The third-order valence-electron chi connectivity index (χ3n) is 4.16. The number of hydrogen-bond donors (Lipinski definition) is 1. The molecule has 0 saturated carbocycles. The van der Waals surface area contributed by atoms with Crippen molar-refractivity contribution in [2.75, 3.05) is 12.8 Å². The Morgan fingerprint density at radius 2 is 2.07 bits per heavy atom. The van der Waals surface area contributed by atoms with Crippen molar-refractivity contribution in [1.82, 2.24) is 20.1 Å². The minimum absolute atomic E-state index is 0.161. The largest absolute Gasteiger partial charge is 0.479 e. The summed E-state index contributed by atoms with van der Waals surface area (Å²) in [6.07, 6.45) is 2.94. The Morgan fingerprint density at radius 3 is 2.75 bits per heavy atom. The monoisotopic (exact) mass is 424 g/mol. The summed E-state index contributed by atoms with van der Waals surface area (Å²) in [7, 11) is 0. The first-order valence-corrected chi connectivity index (χ1v) is 11.1. The molecule has 0 saturated heterocycles. The van der Waals surface area contributed by atoms with Crippen molar-refractivity contribution in [1.29, 1.82) is 0 Å². The van der Waals surface area contributed by atoms with Gasteiger partial charge in [0, 0.05) is 19.5 Å². The van der Waals surface area contributed by atoms with E-state index >= 15 is 0 Å². The van der Waals surface area contributed by atoms with E-state index in [0.29, 0.717) is 23.2 Å². The van der Waals surface area contributed by atoms with E-state index in [9.17, 15) is 4.79 Å². The maximum absolute atomic E-state index is 12.3. The summed E-state index contributed by atoms with van der Waals surface area (Å²) in [5, 5.41) is 12.9. The lowest BCUT2D eigenvalue weighted by Gasteiger charge is -2.16. The van der Waals surface area contributed by atoms with Crippen LogP contribution in [0.25, 0.3) is 0 Å². The van der Waals surface area contributed by atoms with E-state index in [1.807, 2.05) is 25.3 Å². The highest BCUT2D eigenvalue weighted by Crippen LogP contribution is 2.26. The Morgan fingerprint density at radius 1 is 1.32 bits per heavy atom. The van der Waals surface area contributed by atoms with E-state index in [1.54, 1.807) is 24.8 Å². The highest BCUT2D eigenvalue weighted by molar-refractivity contribution is 7.98. The number of nitrogens with one attached hydrogen (secondary N) is 1. The average Bonchev–Trinajstić information content (AvgIpc) is 3.02. The van der Waals surface area contributed by atoms with Crippen LogP contribution in [0.15, 0.2) is 23.4 Å². The number of benzene rings is 1. The predicted octanol–water partition coefficient (Wildman–Crippen LogP) is 4.13. The first-order valence-electron chi connectivity index (χ1n) is 9.48.